The molecule has 0 radical (unpaired) electrons. The molecule has 5 nitrogen and oxygen atoms in total. The zero-order chi connectivity index (χ0) is 18.3. The van der Waals surface area contributed by atoms with Gasteiger partial charge in [-0.25, -0.2) is 13.4 Å². The van der Waals surface area contributed by atoms with E-state index in [0.29, 0.717) is 9.90 Å². The molecule has 0 amide bonds. The normalized spacial score (nSPS) is 11.9. The van der Waals surface area contributed by atoms with Crippen LogP contribution in [0.2, 0.25) is 0 Å². The Balaban J connectivity index is 1.65. The number of hydrogen-bond acceptors (Lipinski definition) is 5. The second-order valence-corrected chi connectivity index (χ2v) is 9.83. The minimum Gasteiger partial charge on any atom is -0.294 e. The summed E-state index contributed by atoms with van der Waals surface area (Å²) in [6.45, 7) is 4.04. The Morgan fingerprint density at radius 1 is 1.23 bits per heavy atom. The molecule has 0 aliphatic carbocycles. The first-order valence-electron chi connectivity index (χ1n) is 8.11. The van der Waals surface area contributed by atoms with Gasteiger partial charge in [-0.2, -0.15) is 0 Å². The molecular weight excluding hydrogens is 386 g/mol. The van der Waals surface area contributed by atoms with Crippen LogP contribution in [0.25, 0.3) is 16.2 Å². The first-order chi connectivity index (χ1) is 12.5. The van der Waals surface area contributed by atoms with Crippen LogP contribution in [0, 0.1) is 6.92 Å². The second-order valence-electron chi connectivity index (χ2n) is 5.92. The highest BCUT2D eigenvalue weighted by Gasteiger charge is 2.17. The standard InChI is InChI=1S/C18H17N3O2S3/c1-3-15-7-8-17(25-15)26(22,23)20-14-6-4-5-13(9-14)16-10-21-12(2)11-24-18(21)19-16/h4-11,20H,3H2,1-2H3. The summed E-state index contributed by atoms with van der Waals surface area (Å²) in [5, 5.41) is 2.06. The van der Waals surface area contributed by atoms with Crippen LogP contribution >= 0.6 is 22.7 Å². The van der Waals surface area contributed by atoms with Crippen molar-refractivity contribution in [2.75, 3.05) is 4.72 Å². The Morgan fingerprint density at radius 2 is 2.08 bits per heavy atom. The fraction of sp³-hybridized carbons (Fsp3) is 0.167. The van der Waals surface area contributed by atoms with Gasteiger partial charge >= 0.3 is 0 Å². The highest BCUT2D eigenvalue weighted by molar-refractivity contribution is 7.94. The van der Waals surface area contributed by atoms with Crippen molar-refractivity contribution in [2.45, 2.75) is 24.5 Å². The Hall–Kier alpha value is -2.16. The van der Waals surface area contributed by atoms with Crippen LogP contribution < -0.4 is 4.72 Å². The summed E-state index contributed by atoms with van der Waals surface area (Å²) in [7, 11) is -3.58. The first-order valence-corrected chi connectivity index (χ1v) is 11.3. The van der Waals surface area contributed by atoms with E-state index >= 15 is 0 Å². The lowest BCUT2D eigenvalue weighted by Crippen LogP contribution is -2.11. The molecule has 26 heavy (non-hydrogen) atoms. The maximum Gasteiger partial charge on any atom is 0.271 e. The molecule has 1 N–H and O–H groups in total. The zero-order valence-corrected chi connectivity index (χ0v) is 16.7. The van der Waals surface area contributed by atoms with Gasteiger partial charge in [-0.15, -0.1) is 22.7 Å². The number of benzene rings is 1. The largest absolute Gasteiger partial charge is 0.294 e. The molecule has 0 unspecified atom stereocenters. The third kappa shape index (κ3) is 3.15. The van der Waals surface area contributed by atoms with Crippen molar-refractivity contribution in [3.05, 3.63) is 58.5 Å². The molecule has 3 heterocycles. The molecule has 0 atom stereocenters. The molecule has 0 aliphatic heterocycles. The molecular formula is C18H17N3O2S3. The van der Waals surface area contributed by atoms with E-state index in [4.69, 9.17) is 0 Å². The summed E-state index contributed by atoms with van der Waals surface area (Å²) in [6.07, 6.45) is 2.80. The van der Waals surface area contributed by atoms with E-state index in [2.05, 4.69) is 15.1 Å². The molecule has 8 heteroatoms. The second kappa shape index (κ2) is 6.53. The molecule has 0 saturated heterocycles. The summed E-state index contributed by atoms with van der Waals surface area (Å²) in [4.78, 5) is 6.59. The quantitative estimate of drug-likeness (QED) is 0.521. The Labute approximate surface area is 160 Å². The van der Waals surface area contributed by atoms with Gasteiger partial charge in [0.05, 0.1) is 5.69 Å². The van der Waals surface area contributed by atoms with Gasteiger partial charge < -0.3 is 0 Å². The predicted molar refractivity (Wildman–Crippen MR) is 108 cm³/mol. The lowest BCUT2D eigenvalue weighted by Gasteiger charge is -2.07. The lowest BCUT2D eigenvalue weighted by atomic mass is 10.1. The van der Waals surface area contributed by atoms with E-state index in [-0.39, 0.29) is 0 Å². The number of aromatic nitrogens is 2. The SMILES string of the molecule is CCc1ccc(S(=O)(=O)Nc2cccc(-c3cn4c(C)csc4n3)c2)s1. The Kier molecular flexibility index (Phi) is 4.34. The number of nitrogens with zero attached hydrogens (tertiary/aromatic N) is 2. The first kappa shape index (κ1) is 17.3. The molecule has 1 aromatic carbocycles. The third-order valence-corrected chi connectivity index (χ3v) is 8.11. The van der Waals surface area contributed by atoms with Crippen LogP contribution in [0.5, 0.6) is 0 Å². The van der Waals surface area contributed by atoms with Crippen molar-refractivity contribution < 1.29 is 8.42 Å². The molecule has 0 saturated carbocycles. The van der Waals surface area contributed by atoms with Gasteiger partial charge in [0, 0.05) is 33.4 Å². The fourth-order valence-electron chi connectivity index (χ4n) is 2.67. The summed E-state index contributed by atoms with van der Waals surface area (Å²) in [5.41, 5.74) is 3.36. The van der Waals surface area contributed by atoms with Crippen molar-refractivity contribution >= 4 is 43.3 Å². The molecule has 0 fully saturated rings. The Bertz CT molecular complexity index is 1190. The molecule has 4 aromatic rings. The minimum atomic E-state index is -3.58. The Morgan fingerprint density at radius 3 is 2.81 bits per heavy atom. The number of thiophene rings is 1. The summed E-state index contributed by atoms with van der Waals surface area (Å²) in [5.74, 6) is 0. The van der Waals surface area contributed by atoms with Gasteiger partial charge in [0.1, 0.15) is 4.21 Å². The number of hydrogen-bond donors (Lipinski definition) is 1. The number of imidazole rings is 1. The highest BCUT2D eigenvalue weighted by Crippen LogP contribution is 2.28. The number of thiazole rings is 1. The minimum absolute atomic E-state index is 0.331. The van der Waals surface area contributed by atoms with E-state index in [1.807, 2.05) is 48.7 Å². The smallest absolute Gasteiger partial charge is 0.271 e. The van der Waals surface area contributed by atoms with Crippen molar-refractivity contribution in [1.82, 2.24) is 9.38 Å². The number of aryl methyl sites for hydroxylation is 2. The third-order valence-electron chi connectivity index (χ3n) is 4.05. The van der Waals surface area contributed by atoms with Gasteiger partial charge in [-0.1, -0.05) is 19.1 Å². The number of sulfonamides is 1. The lowest BCUT2D eigenvalue weighted by molar-refractivity contribution is 0.603. The van der Waals surface area contributed by atoms with Crippen LogP contribution in [-0.2, 0) is 16.4 Å². The maximum atomic E-state index is 12.6. The van der Waals surface area contributed by atoms with E-state index in [1.54, 1.807) is 23.5 Å². The van der Waals surface area contributed by atoms with Crippen LogP contribution in [0.1, 0.15) is 17.5 Å². The van der Waals surface area contributed by atoms with E-state index in [9.17, 15) is 8.42 Å². The number of anilines is 1. The molecule has 0 bridgehead atoms. The molecule has 4 rings (SSSR count). The topological polar surface area (TPSA) is 63.5 Å². The van der Waals surface area contributed by atoms with Crippen LogP contribution in [-0.4, -0.2) is 17.8 Å². The van der Waals surface area contributed by atoms with Crippen LogP contribution in [0.3, 0.4) is 0 Å². The van der Waals surface area contributed by atoms with Crippen molar-refractivity contribution in [3.8, 4) is 11.3 Å². The van der Waals surface area contributed by atoms with Crippen molar-refractivity contribution in [3.63, 3.8) is 0 Å². The zero-order valence-electron chi connectivity index (χ0n) is 14.3. The molecule has 3 aromatic heterocycles. The van der Waals surface area contributed by atoms with Gasteiger partial charge in [0.15, 0.2) is 4.96 Å². The summed E-state index contributed by atoms with van der Waals surface area (Å²) in [6, 6.07) is 10.8. The van der Waals surface area contributed by atoms with E-state index < -0.39 is 10.0 Å². The van der Waals surface area contributed by atoms with E-state index in [0.717, 1.165) is 33.2 Å². The predicted octanol–water partition coefficient (Wildman–Crippen LogP) is 4.80. The van der Waals surface area contributed by atoms with Gasteiger partial charge in [0.2, 0.25) is 0 Å². The van der Waals surface area contributed by atoms with Crippen LogP contribution in [0.15, 0.2) is 52.2 Å². The van der Waals surface area contributed by atoms with Crippen LogP contribution in [0.4, 0.5) is 5.69 Å². The average molecular weight is 404 g/mol. The fourth-order valence-corrected chi connectivity index (χ4v) is 5.87. The summed E-state index contributed by atoms with van der Waals surface area (Å²) < 4.78 is 30.2. The molecule has 134 valence electrons. The van der Waals surface area contributed by atoms with Gasteiger partial charge in [-0.3, -0.25) is 9.12 Å². The van der Waals surface area contributed by atoms with Crippen molar-refractivity contribution in [2.24, 2.45) is 0 Å². The monoisotopic (exact) mass is 403 g/mol. The number of nitrogens with one attached hydrogen (secondary N) is 1. The summed E-state index contributed by atoms with van der Waals surface area (Å²) >= 11 is 2.89. The highest BCUT2D eigenvalue weighted by atomic mass is 32.2. The number of fused-ring (bicyclic) bond motifs is 1. The number of rotatable bonds is 5. The van der Waals surface area contributed by atoms with Gasteiger partial charge in [0.25, 0.3) is 10.0 Å². The van der Waals surface area contributed by atoms with Gasteiger partial charge in [-0.05, 0) is 37.6 Å². The maximum absolute atomic E-state index is 12.6. The molecule has 0 aliphatic rings. The average Bonchev–Trinajstić information content (AvgIpc) is 3.32. The van der Waals surface area contributed by atoms with Crippen molar-refractivity contribution in [1.29, 1.82) is 0 Å². The molecule has 0 spiro atoms. The van der Waals surface area contributed by atoms with E-state index in [1.165, 1.54) is 11.3 Å².